The van der Waals surface area contributed by atoms with Crippen molar-refractivity contribution >= 4 is 18.2 Å². The Bertz CT molecular complexity index is 644. The molecule has 2 N–H and O–H groups in total. The standard InChI is InChI=1S/C13H11BN2O2/c17-14(18)11-6-4-10(5-7-11)12-9-16-8-2-1-3-13(16)15-12/h1-9,17-18H. The molecular formula is C13H11BN2O2. The Morgan fingerprint density at radius 1 is 1.00 bits per heavy atom. The molecule has 0 aliphatic rings. The van der Waals surface area contributed by atoms with Crippen molar-refractivity contribution < 1.29 is 10.0 Å². The first-order valence-corrected chi connectivity index (χ1v) is 5.64. The van der Waals surface area contributed by atoms with Crippen molar-refractivity contribution in [2.45, 2.75) is 0 Å². The first-order chi connectivity index (χ1) is 8.74. The molecule has 5 heteroatoms. The molecule has 18 heavy (non-hydrogen) atoms. The zero-order valence-corrected chi connectivity index (χ0v) is 9.56. The van der Waals surface area contributed by atoms with Crippen LogP contribution in [0.15, 0.2) is 54.9 Å². The Hall–Kier alpha value is -2.11. The molecule has 0 fully saturated rings. The molecule has 0 bridgehead atoms. The number of hydrogen-bond acceptors (Lipinski definition) is 3. The van der Waals surface area contributed by atoms with Gasteiger partial charge in [-0.25, -0.2) is 4.98 Å². The van der Waals surface area contributed by atoms with E-state index < -0.39 is 7.12 Å². The van der Waals surface area contributed by atoms with Gasteiger partial charge in [-0.15, -0.1) is 0 Å². The first-order valence-electron chi connectivity index (χ1n) is 5.64. The molecule has 0 aliphatic heterocycles. The zero-order chi connectivity index (χ0) is 12.5. The van der Waals surface area contributed by atoms with Gasteiger partial charge in [-0.1, -0.05) is 30.3 Å². The molecule has 0 unspecified atom stereocenters. The van der Waals surface area contributed by atoms with E-state index in [4.69, 9.17) is 10.0 Å². The van der Waals surface area contributed by atoms with Crippen molar-refractivity contribution in [1.82, 2.24) is 9.38 Å². The summed E-state index contributed by atoms with van der Waals surface area (Å²) in [6.07, 6.45) is 3.89. The molecule has 0 saturated heterocycles. The van der Waals surface area contributed by atoms with Crippen molar-refractivity contribution in [1.29, 1.82) is 0 Å². The molecule has 0 atom stereocenters. The Labute approximate surface area is 104 Å². The predicted octanol–water partition coefficient (Wildman–Crippen LogP) is 0.681. The number of pyridine rings is 1. The van der Waals surface area contributed by atoms with Crippen LogP contribution in [0.5, 0.6) is 0 Å². The van der Waals surface area contributed by atoms with E-state index in [1.807, 2.05) is 47.1 Å². The molecular weight excluding hydrogens is 227 g/mol. The summed E-state index contributed by atoms with van der Waals surface area (Å²) in [6, 6.07) is 12.9. The zero-order valence-electron chi connectivity index (χ0n) is 9.56. The third-order valence-electron chi connectivity index (χ3n) is 2.87. The molecule has 3 rings (SSSR count). The summed E-state index contributed by atoms with van der Waals surface area (Å²) < 4.78 is 1.95. The summed E-state index contributed by atoms with van der Waals surface area (Å²) in [5.74, 6) is 0. The van der Waals surface area contributed by atoms with E-state index >= 15 is 0 Å². The van der Waals surface area contributed by atoms with Crippen molar-refractivity contribution in [2.24, 2.45) is 0 Å². The van der Waals surface area contributed by atoms with E-state index in [9.17, 15) is 0 Å². The van der Waals surface area contributed by atoms with Crippen LogP contribution in [0.1, 0.15) is 0 Å². The van der Waals surface area contributed by atoms with Crippen molar-refractivity contribution in [3.05, 3.63) is 54.9 Å². The van der Waals surface area contributed by atoms with Crippen molar-refractivity contribution in [3.63, 3.8) is 0 Å². The molecule has 0 amide bonds. The van der Waals surface area contributed by atoms with Crippen LogP contribution in [0.2, 0.25) is 0 Å². The van der Waals surface area contributed by atoms with Gasteiger partial charge in [-0.3, -0.25) is 0 Å². The minimum absolute atomic E-state index is 0.475. The highest BCUT2D eigenvalue weighted by molar-refractivity contribution is 6.58. The largest absolute Gasteiger partial charge is 0.488 e. The van der Waals surface area contributed by atoms with E-state index in [-0.39, 0.29) is 0 Å². The summed E-state index contributed by atoms with van der Waals surface area (Å²) in [4.78, 5) is 4.50. The van der Waals surface area contributed by atoms with Gasteiger partial charge in [0, 0.05) is 18.0 Å². The summed E-state index contributed by atoms with van der Waals surface area (Å²) >= 11 is 0. The van der Waals surface area contributed by atoms with Crippen LogP contribution in [0.25, 0.3) is 16.9 Å². The summed E-state index contributed by atoms with van der Waals surface area (Å²) in [5.41, 5.74) is 3.17. The van der Waals surface area contributed by atoms with Crippen LogP contribution < -0.4 is 5.46 Å². The fraction of sp³-hybridized carbons (Fsp3) is 0. The van der Waals surface area contributed by atoms with Crippen molar-refractivity contribution in [3.8, 4) is 11.3 Å². The topological polar surface area (TPSA) is 57.8 Å². The van der Waals surface area contributed by atoms with Crippen LogP contribution in [-0.2, 0) is 0 Å². The van der Waals surface area contributed by atoms with Crippen LogP contribution in [0.4, 0.5) is 0 Å². The third kappa shape index (κ3) is 1.90. The Kier molecular flexibility index (Phi) is 2.62. The second-order valence-corrected chi connectivity index (χ2v) is 4.09. The second-order valence-electron chi connectivity index (χ2n) is 4.09. The fourth-order valence-electron chi connectivity index (χ4n) is 1.90. The maximum atomic E-state index is 9.04. The van der Waals surface area contributed by atoms with Gasteiger partial charge in [0.15, 0.2) is 0 Å². The monoisotopic (exact) mass is 238 g/mol. The highest BCUT2D eigenvalue weighted by atomic mass is 16.4. The average Bonchev–Trinajstić information content (AvgIpc) is 2.82. The Morgan fingerprint density at radius 2 is 1.78 bits per heavy atom. The normalized spacial score (nSPS) is 10.8. The molecule has 4 nitrogen and oxygen atoms in total. The highest BCUT2D eigenvalue weighted by Crippen LogP contribution is 2.17. The molecule has 88 valence electrons. The average molecular weight is 238 g/mol. The third-order valence-corrected chi connectivity index (χ3v) is 2.87. The Morgan fingerprint density at radius 3 is 2.44 bits per heavy atom. The maximum Gasteiger partial charge on any atom is 0.488 e. The lowest BCUT2D eigenvalue weighted by molar-refractivity contribution is 0.426. The van der Waals surface area contributed by atoms with E-state index in [0.29, 0.717) is 5.46 Å². The van der Waals surface area contributed by atoms with Gasteiger partial charge in [-0.05, 0) is 17.6 Å². The summed E-state index contributed by atoms with van der Waals surface area (Å²) in [7, 11) is -1.43. The molecule has 1 aromatic carbocycles. The quantitative estimate of drug-likeness (QED) is 0.645. The van der Waals surface area contributed by atoms with E-state index in [2.05, 4.69) is 4.98 Å². The number of fused-ring (bicyclic) bond motifs is 1. The molecule has 3 aromatic rings. The number of benzene rings is 1. The lowest BCUT2D eigenvalue weighted by Gasteiger charge is -2.00. The van der Waals surface area contributed by atoms with Gasteiger partial charge in [0.2, 0.25) is 0 Å². The molecule has 2 heterocycles. The lowest BCUT2D eigenvalue weighted by atomic mass is 9.80. The SMILES string of the molecule is OB(O)c1ccc(-c2cn3ccccc3n2)cc1. The molecule has 0 radical (unpaired) electrons. The summed E-state index contributed by atoms with van der Waals surface area (Å²) in [5, 5.41) is 18.1. The maximum absolute atomic E-state index is 9.04. The highest BCUT2D eigenvalue weighted by Gasteiger charge is 2.11. The van der Waals surface area contributed by atoms with Gasteiger partial charge < -0.3 is 14.4 Å². The molecule has 0 aliphatic carbocycles. The smallest absolute Gasteiger partial charge is 0.423 e. The van der Waals surface area contributed by atoms with Crippen LogP contribution in [0, 0.1) is 0 Å². The van der Waals surface area contributed by atoms with Gasteiger partial charge in [0.25, 0.3) is 0 Å². The minimum atomic E-state index is -1.43. The van der Waals surface area contributed by atoms with E-state index in [1.165, 1.54) is 0 Å². The predicted molar refractivity (Wildman–Crippen MR) is 70.5 cm³/mol. The lowest BCUT2D eigenvalue weighted by Crippen LogP contribution is -2.29. The van der Waals surface area contributed by atoms with Crippen molar-refractivity contribution in [2.75, 3.05) is 0 Å². The number of hydrogen-bond donors (Lipinski definition) is 2. The van der Waals surface area contributed by atoms with E-state index in [1.54, 1.807) is 12.1 Å². The first kappa shape index (κ1) is 11.0. The second kappa shape index (κ2) is 4.29. The van der Waals surface area contributed by atoms with Gasteiger partial charge in [0.05, 0.1) is 5.69 Å². The summed E-state index contributed by atoms with van der Waals surface area (Å²) in [6.45, 7) is 0. The molecule has 2 aromatic heterocycles. The molecule has 0 spiro atoms. The van der Waals surface area contributed by atoms with Gasteiger partial charge >= 0.3 is 7.12 Å². The number of imidazole rings is 1. The number of aromatic nitrogens is 2. The minimum Gasteiger partial charge on any atom is -0.423 e. The van der Waals surface area contributed by atoms with Gasteiger partial charge in [-0.2, -0.15) is 0 Å². The van der Waals surface area contributed by atoms with Crippen LogP contribution in [0.3, 0.4) is 0 Å². The van der Waals surface area contributed by atoms with E-state index in [0.717, 1.165) is 16.9 Å². The number of rotatable bonds is 2. The fourth-order valence-corrected chi connectivity index (χ4v) is 1.90. The molecule has 0 saturated carbocycles. The van der Waals surface area contributed by atoms with Crippen LogP contribution >= 0.6 is 0 Å². The Balaban J connectivity index is 2.03. The van der Waals surface area contributed by atoms with Gasteiger partial charge in [0.1, 0.15) is 5.65 Å². The number of nitrogens with zero attached hydrogens (tertiary/aromatic N) is 2. The van der Waals surface area contributed by atoms with Crippen LogP contribution in [-0.4, -0.2) is 26.6 Å².